The number of carbonyl (C=O) groups is 1. The molecule has 0 aliphatic rings. The minimum Gasteiger partial charge on any atom is -0.481 e. The molecule has 0 radical (unpaired) electrons. The van der Waals surface area contributed by atoms with E-state index >= 15 is 0 Å². The number of nitrogens with zero attached hydrogens (tertiary/aromatic N) is 3. The van der Waals surface area contributed by atoms with Crippen molar-refractivity contribution in [2.24, 2.45) is 5.92 Å². The van der Waals surface area contributed by atoms with Crippen LogP contribution in [-0.2, 0) is 17.8 Å². The Morgan fingerprint density at radius 3 is 2.46 bits per heavy atom. The van der Waals surface area contributed by atoms with Crippen LogP contribution in [0, 0.1) is 18.7 Å². The number of hydrogen-bond donors (Lipinski definition) is 2. The third-order valence-corrected chi connectivity index (χ3v) is 6.25. The van der Waals surface area contributed by atoms with E-state index < -0.39 is 18.0 Å². The molecule has 1 aromatic heterocycles. The average Bonchev–Trinajstić information content (AvgIpc) is 2.86. The van der Waals surface area contributed by atoms with Crippen LogP contribution >= 0.6 is 0 Å². The molecule has 0 aliphatic carbocycles. The fourth-order valence-corrected chi connectivity index (χ4v) is 4.06. The van der Waals surface area contributed by atoms with Gasteiger partial charge in [-0.1, -0.05) is 53.7 Å². The summed E-state index contributed by atoms with van der Waals surface area (Å²) in [5, 5.41) is 28.6. The van der Waals surface area contributed by atoms with Gasteiger partial charge in [0.25, 0.3) is 5.56 Å². The van der Waals surface area contributed by atoms with E-state index in [9.17, 15) is 24.2 Å². The van der Waals surface area contributed by atoms with Crippen molar-refractivity contribution in [1.82, 2.24) is 15.0 Å². The van der Waals surface area contributed by atoms with Gasteiger partial charge in [0.05, 0.1) is 17.4 Å². The maximum Gasteiger partial charge on any atom is 0.309 e. The van der Waals surface area contributed by atoms with Gasteiger partial charge in [-0.25, -0.2) is 9.07 Å². The molecule has 180 valence electrons. The monoisotopic (exact) mass is 475 g/mol. The summed E-state index contributed by atoms with van der Waals surface area (Å²) in [6.07, 6.45) is -0.333. The molecule has 7 nitrogen and oxygen atoms in total. The van der Waals surface area contributed by atoms with Crippen LogP contribution in [0.25, 0.3) is 22.0 Å². The molecule has 0 saturated heterocycles. The Morgan fingerprint density at radius 2 is 1.74 bits per heavy atom. The fourth-order valence-electron chi connectivity index (χ4n) is 4.06. The quantitative estimate of drug-likeness (QED) is 0.379. The number of aromatic nitrogens is 3. The van der Waals surface area contributed by atoms with Crippen LogP contribution in [0.3, 0.4) is 0 Å². The van der Waals surface area contributed by atoms with Crippen molar-refractivity contribution in [3.63, 3.8) is 0 Å². The Balaban J connectivity index is 1.38. The molecule has 0 spiro atoms. The highest BCUT2D eigenvalue weighted by Gasteiger charge is 2.26. The van der Waals surface area contributed by atoms with Crippen molar-refractivity contribution in [2.75, 3.05) is 0 Å². The van der Waals surface area contributed by atoms with Crippen molar-refractivity contribution >= 4 is 16.9 Å². The van der Waals surface area contributed by atoms with E-state index in [1.54, 1.807) is 37.3 Å². The number of aliphatic carboxylic acids is 1. The summed E-state index contributed by atoms with van der Waals surface area (Å²) >= 11 is 0. The topological polar surface area (TPSA) is 105 Å². The Hall–Kier alpha value is -3.91. The first-order chi connectivity index (χ1) is 16.8. The summed E-state index contributed by atoms with van der Waals surface area (Å²) in [4.78, 5) is 24.4. The molecule has 0 bridgehead atoms. The number of benzene rings is 3. The zero-order valence-electron chi connectivity index (χ0n) is 19.3. The third-order valence-electron chi connectivity index (χ3n) is 6.25. The minimum absolute atomic E-state index is 0.0342. The van der Waals surface area contributed by atoms with Crippen molar-refractivity contribution in [2.45, 2.75) is 38.8 Å². The minimum atomic E-state index is -1.13. The lowest BCUT2D eigenvalue weighted by molar-refractivity contribution is -0.146. The zero-order valence-corrected chi connectivity index (χ0v) is 19.3. The number of rotatable bonds is 9. The molecule has 3 aromatic carbocycles. The first kappa shape index (κ1) is 24.2. The van der Waals surface area contributed by atoms with E-state index in [4.69, 9.17) is 0 Å². The van der Waals surface area contributed by atoms with Gasteiger partial charge in [-0.2, -0.15) is 0 Å². The molecule has 0 fully saturated rings. The van der Waals surface area contributed by atoms with Crippen LogP contribution in [0.5, 0.6) is 0 Å². The molecule has 2 atom stereocenters. The maximum atomic E-state index is 13.9. The van der Waals surface area contributed by atoms with Crippen molar-refractivity contribution in [3.8, 4) is 11.1 Å². The molecule has 0 saturated carbocycles. The highest BCUT2D eigenvalue weighted by atomic mass is 19.1. The van der Waals surface area contributed by atoms with E-state index in [-0.39, 0.29) is 30.8 Å². The largest absolute Gasteiger partial charge is 0.481 e. The molecule has 0 aliphatic heterocycles. The van der Waals surface area contributed by atoms with E-state index in [1.807, 2.05) is 30.3 Å². The molecular formula is C27H26FN3O4. The van der Waals surface area contributed by atoms with Crippen LogP contribution < -0.4 is 5.56 Å². The maximum absolute atomic E-state index is 13.9. The first-order valence-corrected chi connectivity index (χ1v) is 11.4. The van der Waals surface area contributed by atoms with Crippen LogP contribution in [0.4, 0.5) is 4.39 Å². The number of aliphatic hydroxyl groups excluding tert-OH is 1. The lowest BCUT2D eigenvalue weighted by atomic mass is 9.93. The fraction of sp³-hybridized carbons (Fsp3) is 0.259. The molecule has 4 aromatic rings. The second-order valence-corrected chi connectivity index (χ2v) is 8.64. The number of aliphatic hydroxyl groups is 1. The van der Waals surface area contributed by atoms with Gasteiger partial charge in [0.15, 0.2) is 0 Å². The van der Waals surface area contributed by atoms with Crippen molar-refractivity contribution in [3.05, 3.63) is 94.0 Å². The zero-order chi connectivity index (χ0) is 24.9. The van der Waals surface area contributed by atoms with Crippen LogP contribution in [-0.4, -0.2) is 37.3 Å². The molecule has 2 N–H and O–H groups in total. The molecule has 8 heteroatoms. The second kappa shape index (κ2) is 10.6. The third kappa shape index (κ3) is 5.60. The predicted molar refractivity (Wildman–Crippen MR) is 130 cm³/mol. The predicted octanol–water partition coefficient (Wildman–Crippen LogP) is 3.99. The van der Waals surface area contributed by atoms with E-state index in [0.29, 0.717) is 22.9 Å². The Morgan fingerprint density at radius 1 is 1.03 bits per heavy atom. The number of fused-ring (bicyclic) bond motifs is 1. The van der Waals surface area contributed by atoms with Crippen molar-refractivity contribution in [1.29, 1.82) is 0 Å². The molecule has 0 amide bonds. The Labute approximate surface area is 201 Å². The number of carboxylic acid groups (broad SMARTS) is 1. The van der Waals surface area contributed by atoms with E-state index in [2.05, 4.69) is 10.3 Å². The van der Waals surface area contributed by atoms with Gasteiger partial charge < -0.3 is 10.2 Å². The average molecular weight is 476 g/mol. The lowest BCUT2D eigenvalue weighted by Gasteiger charge is -2.19. The van der Waals surface area contributed by atoms with Gasteiger partial charge in [-0.15, -0.1) is 5.10 Å². The molecule has 0 unspecified atom stereocenters. The smallest absolute Gasteiger partial charge is 0.309 e. The van der Waals surface area contributed by atoms with Crippen LogP contribution in [0.1, 0.15) is 24.0 Å². The number of halogens is 1. The molecule has 35 heavy (non-hydrogen) atoms. The molecule has 1 heterocycles. The van der Waals surface area contributed by atoms with E-state index in [1.165, 1.54) is 6.07 Å². The van der Waals surface area contributed by atoms with Crippen LogP contribution in [0.15, 0.2) is 71.5 Å². The van der Waals surface area contributed by atoms with Crippen LogP contribution in [0.2, 0.25) is 0 Å². The summed E-state index contributed by atoms with van der Waals surface area (Å²) in [6.45, 7) is 1.75. The summed E-state index contributed by atoms with van der Waals surface area (Å²) in [6, 6.07) is 19.4. The molecule has 4 rings (SSSR count). The summed E-state index contributed by atoms with van der Waals surface area (Å²) in [7, 11) is 0. The highest BCUT2D eigenvalue weighted by molar-refractivity contribution is 5.76. The lowest BCUT2D eigenvalue weighted by Crippen LogP contribution is -2.32. The Kier molecular flexibility index (Phi) is 7.31. The van der Waals surface area contributed by atoms with Gasteiger partial charge in [0, 0.05) is 6.54 Å². The van der Waals surface area contributed by atoms with Gasteiger partial charge in [-0.05, 0) is 66.6 Å². The standard InChI is InChI=1S/C27H26FN3O4/c1-17-6-10-20(16-23(17)28)19-11-7-18(8-12-19)9-13-25(32)22(27(34)35)14-15-31-26(33)21-4-2-3-5-24(21)29-30-31/h2-8,10-12,16,22,25,32H,9,13-15H2,1H3,(H,34,35)/t22-,25+/m0/s1. The normalized spacial score (nSPS) is 13.0. The highest BCUT2D eigenvalue weighted by Crippen LogP contribution is 2.23. The van der Waals surface area contributed by atoms with Crippen molar-refractivity contribution < 1.29 is 19.4 Å². The van der Waals surface area contributed by atoms with Gasteiger partial charge >= 0.3 is 5.97 Å². The Bertz CT molecular complexity index is 1400. The summed E-state index contributed by atoms with van der Waals surface area (Å²) < 4.78 is 15.0. The number of aryl methyl sites for hydroxylation is 3. The summed E-state index contributed by atoms with van der Waals surface area (Å²) in [5.74, 6) is -2.44. The van der Waals surface area contributed by atoms with Gasteiger partial charge in [0.2, 0.25) is 0 Å². The number of carboxylic acids is 1. The van der Waals surface area contributed by atoms with Gasteiger partial charge in [-0.3, -0.25) is 9.59 Å². The first-order valence-electron chi connectivity index (χ1n) is 11.4. The van der Waals surface area contributed by atoms with E-state index in [0.717, 1.165) is 21.4 Å². The SMILES string of the molecule is Cc1ccc(-c2ccc(CC[C@@H](O)[C@H](CCn3nnc4ccccc4c3=O)C(=O)O)cc2)cc1F. The van der Waals surface area contributed by atoms with Gasteiger partial charge in [0.1, 0.15) is 11.3 Å². The summed E-state index contributed by atoms with van der Waals surface area (Å²) in [5.41, 5.74) is 3.30. The second-order valence-electron chi connectivity index (χ2n) is 8.64. The molecular weight excluding hydrogens is 449 g/mol. The number of hydrogen-bond acceptors (Lipinski definition) is 5.